The number of allylic oxidation sites excluding steroid dienone is 2. The van der Waals surface area contributed by atoms with Gasteiger partial charge in [-0.05, 0) is 37.3 Å². The van der Waals surface area contributed by atoms with Crippen molar-refractivity contribution in [2.45, 2.75) is 32.1 Å². The predicted octanol–water partition coefficient (Wildman–Crippen LogP) is 2.71. The highest BCUT2D eigenvalue weighted by Gasteiger charge is 2.24. The van der Waals surface area contributed by atoms with E-state index in [0.29, 0.717) is 5.92 Å². The second-order valence-corrected chi connectivity index (χ2v) is 7.99. The minimum atomic E-state index is 0.146. The van der Waals surface area contributed by atoms with Crippen molar-refractivity contribution in [2.75, 3.05) is 32.7 Å². The highest BCUT2D eigenvalue weighted by Crippen LogP contribution is 2.22. The van der Waals surface area contributed by atoms with Crippen LogP contribution < -0.4 is 4.90 Å². The molecule has 1 aliphatic heterocycles. The summed E-state index contributed by atoms with van der Waals surface area (Å²) in [5.74, 6) is 0.725. The smallest absolute Gasteiger partial charge is 0.256 e. The fourth-order valence-corrected chi connectivity index (χ4v) is 4.47. The molecule has 4 rings (SSSR count). The largest absolute Gasteiger partial charge is 0.333 e. The van der Waals surface area contributed by atoms with E-state index >= 15 is 0 Å². The summed E-state index contributed by atoms with van der Waals surface area (Å²) < 4.78 is 0. The van der Waals surface area contributed by atoms with Crippen molar-refractivity contribution in [3.8, 4) is 0 Å². The van der Waals surface area contributed by atoms with Crippen LogP contribution in [0.1, 0.15) is 42.5 Å². The van der Waals surface area contributed by atoms with Gasteiger partial charge >= 0.3 is 0 Å². The van der Waals surface area contributed by atoms with Crippen molar-refractivity contribution in [3.63, 3.8) is 0 Å². The Morgan fingerprint density at radius 3 is 2.81 bits per heavy atom. The van der Waals surface area contributed by atoms with Gasteiger partial charge in [0.05, 0.1) is 37.3 Å². The first-order valence-corrected chi connectivity index (χ1v) is 10.4. The number of benzene rings is 1. The molecule has 1 aromatic heterocycles. The quantitative estimate of drug-likeness (QED) is 0.801. The van der Waals surface area contributed by atoms with Gasteiger partial charge in [0.25, 0.3) is 5.91 Å². The number of carbonyl (C=O) groups excluding carboxylic acids is 1. The lowest BCUT2D eigenvalue weighted by atomic mass is 9.93. The molecular weight excluding hydrogens is 334 g/mol. The molecule has 1 aliphatic carbocycles. The second-order valence-electron chi connectivity index (χ2n) is 7.99. The number of para-hydroxylation sites is 1. The third-order valence-electron chi connectivity index (χ3n) is 6.05. The minimum absolute atomic E-state index is 0.146. The number of nitrogens with one attached hydrogen (secondary N) is 1. The molecule has 1 saturated heterocycles. The van der Waals surface area contributed by atoms with Crippen molar-refractivity contribution in [1.82, 2.24) is 9.88 Å². The van der Waals surface area contributed by atoms with Gasteiger partial charge in [0, 0.05) is 31.0 Å². The first-order chi connectivity index (χ1) is 13.3. The Balaban J connectivity index is 1.55. The number of carbonyl (C=O) groups is 1. The topological polar surface area (TPSA) is 37.6 Å². The molecule has 0 bridgehead atoms. The number of amides is 1. The van der Waals surface area contributed by atoms with Crippen LogP contribution in [-0.2, 0) is 0 Å². The number of hydrogen-bond acceptors (Lipinski definition) is 2. The first-order valence-electron chi connectivity index (χ1n) is 10.4. The lowest BCUT2D eigenvalue weighted by molar-refractivity contribution is -0.886. The van der Waals surface area contributed by atoms with Gasteiger partial charge in [-0.15, -0.1) is 0 Å². The standard InChI is InChI=1S/C23H29N3O/c27-23(21-12-6-10-20-11-7-13-24-22(20)21)26(17-16-25-14-4-5-15-25)18-19-8-2-1-3-9-19/h1-2,6-7,10-13,19H,3-5,8-9,14-18H2/p+1/t19-/m1/s1. The van der Waals surface area contributed by atoms with Gasteiger partial charge in [-0.25, -0.2) is 0 Å². The molecule has 142 valence electrons. The van der Waals surface area contributed by atoms with Crippen LogP contribution in [0.3, 0.4) is 0 Å². The van der Waals surface area contributed by atoms with Gasteiger partial charge in [0.15, 0.2) is 0 Å². The maximum Gasteiger partial charge on any atom is 0.256 e. The first kappa shape index (κ1) is 18.2. The molecule has 27 heavy (non-hydrogen) atoms. The van der Waals surface area contributed by atoms with Crippen LogP contribution in [0.4, 0.5) is 0 Å². The van der Waals surface area contributed by atoms with E-state index in [0.717, 1.165) is 48.9 Å². The third-order valence-corrected chi connectivity index (χ3v) is 6.05. The monoisotopic (exact) mass is 364 g/mol. The summed E-state index contributed by atoms with van der Waals surface area (Å²) in [4.78, 5) is 21.8. The molecule has 4 heteroatoms. The maximum absolute atomic E-state index is 13.5. The summed E-state index contributed by atoms with van der Waals surface area (Å²) >= 11 is 0. The zero-order valence-corrected chi connectivity index (χ0v) is 16.1. The molecular formula is C23H30N3O+. The SMILES string of the molecule is O=C(c1cccc2cccnc12)N(CC[NH+]1CCCC1)C[C@@H]1CC=CCC1. The summed E-state index contributed by atoms with van der Waals surface area (Å²) in [6, 6.07) is 9.91. The molecule has 2 aromatic rings. The summed E-state index contributed by atoms with van der Waals surface area (Å²) in [5.41, 5.74) is 1.57. The number of likely N-dealkylation sites (tertiary alicyclic amines) is 1. The predicted molar refractivity (Wildman–Crippen MR) is 109 cm³/mol. The van der Waals surface area contributed by atoms with Gasteiger partial charge in [-0.2, -0.15) is 0 Å². The van der Waals surface area contributed by atoms with E-state index in [2.05, 4.69) is 22.0 Å². The lowest BCUT2D eigenvalue weighted by Gasteiger charge is -2.29. The lowest BCUT2D eigenvalue weighted by Crippen LogP contribution is -3.10. The molecule has 1 N–H and O–H groups in total. The van der Waals surface area contributed by atoms with Gasteiger partial charge < -0.3 is 9.80 Å². The fourth-order valence-electron chi connectivity index (χ4n) is 4.47. The summed E-state index contributed by atoms with van der Waals surface area (Å²) in [5, 5.41) is 1.04. The Labute approximate surface area is 161 Å². The molecule has 1 aromatic carbocycles. The summed E-state index contributed by atoms with van der Waals surface area (Å²) in [6.45, 7) is 5.28. The van der Waals surface area contributed by atoms with Crippen molar-refractivity contribution in [2.24, 2.45) is 5.92 Å². The van der Waals surface area contributed by atoms with Crippen LogP contribution in [0.5, 0.6) is 0 Å². The zero-order valence-electron chi connectivity index (χ0n) is 16.1. The van der Waals surface area contributed by atoms with Gasteiger partial charge in [-0.3, -0.25) is 9.78 Å². The molecule has 0 radical (unpaired) electrons. The van der Waals surface area contributed by atoms with Crippen molar-refractivity contribution in [3.05, 3.63) is 54.2 Å². The number of aromatic nitrogens is 1. The number of fused-ring (bicyclic) bond motifs is 1. The summed E-state index contributed by atoms with van der Waals surface area (Å²) in [7, 11) is 0. The normalized spacial score (nSPS) is 20.2. The highest BCUT2D eigenvalue weighted by molar-refractivity contribution is 6.05. The number of pyridine rings is 1. The van der Waals surface area contributed by atoms with E-state index in [4.69, 9.17) is 0 Å². The Bertz CT molecular complexity index is 805. The zero-order chi connectivity index (χ0) is 18.5. The average Bonchev–Trinajstić information content (AvgIpc) is 3.24. The van der Waals surface area contributed by atoms with Gasteiger partial charge in [0.1, 0.15) is 0 Å². The van der Waals surface area contributed by atoms with Crippen LogP contribution in [0, 0.1) is 5.92 Å². The molecule has 1 amide bonds. The molecule has 2 heterocycles. The molecule has 2 aliphatic rings. The number of quaternary nitrogens is 1. The van der Waals surface area contributed by atoms with E-state index in [1.165, 1.54) is 32.4 Å². The van der Waals surface area contributed by atoms with Crippen LogP contribution in [-0.4, -0.2) is 48.5 Å². The van der Waals surface area contributed by atoms with Crippen LogP contribution >= 0.6 is 0 Å². The van der Waals surface area contributed by atoms with Crippen molar-refractivity contribution < 1.29 is 9.69 Å². The Morgan fingerprint density at radius 1 is 1.15 bits per heavy atom. The second kappa shape index (κ2) is 8.66. The van der Waals surface area contributed by atoms with Crippen LogP contribution in [0.2, 0.25) is 0 Å². The third kappa shape index (κ3) is 4.38. The van der Waals surface area contributed by atoms with E-state index in [1.54, 1.807) is 11.1 Å². The maximum atomic E-state index is 13.5. The number of nitrogens with zero attached hydrogens (tertiary/aromatic N) is 2. The average molecular weight is 365 g/mol. The Hall–Kier alpha value is -2.20. The summed E-state index contributed by atoms with van der Waals surface area (Å²) in [6.07, 6.45) is 12.4. The molecule has 0 saturated carbocycles. The van der Waals surface area contributed by atoms with Gasteiger partial charge in [-0.1, -0.05) is 30.4 Å². The van der Waals surface area contributed by atoms with E-state index < -0.39 is 0 Å². The Kier molecular flexibility index (Phi) is 5.83. The fraction of sp³-hybridized carbons (Fsp3) is 0.478. The number of hydrogen-bond donors (Lipinski definition) is 1. The number of rotatable bonds is 6. The molecule has 1 atom stereocenters. The van der Waals surface area contributed by atoms with Crippen molar-refractivity contribution >= 4 is 16.8 Å². The van der Waals surface area contributed by atoms with E-state index in [-0.39, 0.29) is 5.91 Å². The Morgan fingerprint density at radius 2 is 2.00 bits per heavy atom. The minimum Gasteiger partial charge on any atom is -0.333 e. The molecule has 0 unspecified atom stereocenters. The van der Waals surface area contributed by atoms with Crippen molar-refractivity contribution in [1.29, 1.82) is 0 Å². The molecule has 4 nitrogen and oxygen atoms in total. The van der Waals surface area contributed by atoms with Crippen LogP contribution in [0.25, 0.3) is 10.9 Å². The van der Waals surface area contributed by atoms with Gasteiger partial charge in [0.2, 0.25) is 0 Å². The highest BCUT2D eigenvalue weighted by atomic mass is 16.2. The van der Waals surface area contributed by atoms with E-state index in [1.807, 2.05) is 30.3 Å². The molecule has 1 fully saturated rings. The van der Waals surface area contributed by atoms with E-state index in [9.17, 15) is 4.79 Å². The van der Waals surface area contributed by atoms with Crippen LogP contribution in [0.15, 0.2) is 48.7 Å². The molecule has 0 spiro atoms.